The molecule has 0 aliphatic rings. The Hall–Kier alpha value is -4.38. The van der Waals surface area contributed by atoms with Crippen molar-refractivity contribution in [2.45, 2.75) is 6.54 Å². The summed E-state index contributed by atoms with van der Waals surface area (Å²) in [5.74, 6) is 1.10. The van der Waals surface area contributed by atoms with Gasteiger partial charge in [0.1, 0.15) is 11.6 Å². The van der Waals surface area contributed by atoms with Gasteiger partial charge >= 0.3 is 0 Å². The molecule has 2 heterocycles. The Balaban J connectivity index is 1.53. The molecule has 5 heteroatoms. The fourth-order valence-electron chi connectivity index (χ4n) is 3.57. The maximum atomic E-state index is 13.4. The smallest absolute Gasteiger partial charge is 0.162 e. The monoisotopic (exact) mass is 432 g/mol. The van der Waals surface area contributed by atoms with E-state index in [4.69, 9.17) is 9.97 Å². The van der Waals surface area contributed by atoms with E-state index in [0.717, 1.165) is 33.8 Å². The molecule has 0 aliphatic heterocycles. The van der Waals surface area contributed by atoms with Crippen molar-refractivity contribution >= 4 is 5.82 Å². The van der Waals surface area contributed by atoms with E-state index in [1.165, 1.54) is 17.7 Å². The minimum atomic E-state index is -0.264. The highest BCUT2D eigenvalue weighted by Crippen LogP contribution is 2.28. The highest BCUT2D eigenvalue weighted by Gasteiger charge is 2.10. The Morgan fingerprint density at radius 1 is 0.636 bits per heavy atom. The van der Waals surface area contributed by atoms with Crippen LogP contribution in [0.3, 0.4) is 0 Å². The zero-order chi connectivity index (χ0) is 22.5. The summed E-state index contributed by atoms with van der Waals surface area (Å²) in [4.78, 5) is 14.0. The Morgan fingerprint density at radius 3 is 2.09 bits per heavy atom. The Labute approximate surface area is 191 Å². The van der Waals surface area contributed by atoms with Crippen LogP contribution < -0.4 is 5.32 Å². The van der Waals surface area contributed by atoms with Crippen LogP contribution in [0.2, 0.25) is 0 Å². The SMILES string of the molecule is Fc1ccc(-c2cncc(-c3cc(NCc4ccccc4)nc(-c4ccccc4)n3)c2)cc1. The lowest BCUT2D eigenvalue weighted by Crippen LogP contribution is -2.04. The van der Waals surface area contributed by atoms with Crippen LogP contribution in [0, 0.1) is 5.82 Å². The van der Waals surface area contributed by atoms with Crippen molar-refractivity contribution in [1.29, 1.82) is 0 Å². The first-order valence-corrected chi connectivity index (χ1v) is 10.7. The molecule has 0 amide bonds. The third kappa shape index (κ3) is 4.93. The summed E-state index contributed by atoms with van der Waals surface area (Å²) < 4.78 is 13.4. The second kappa shape index (κ2) is 9.40. The van der Waals surface area contributed by atoms with Crippen molar-refractivity contribution in [3.8, 4) is 33.8 Å². The summed E-state index contributed by atoms with van der Waals surface area (Å²) in [6.45, 7) is 0.652. The number of hydrogen-bond donors (Lipinski definition) is 1. The van der Waals surface area contributed by atoms with E-state index in [1.807, 2.05) is 60.7 Å². The predicted molar refractivity (Wildman–Crippen MR) is 130 cm³/mol. The van der Waals surface area contributed by atoms with Crippen LogP contribution >= 0.6 is 0 Å². The van der Waals surface area contributed by atoms with Gasteiger partial charge in [0.05, 0.1) is 5.69 Å². The zero-order valence-corrected chi connectivity index (χ0v) is 17.8. The number of anilines is 1. The van der Waals surface area contributed by atoms with Gasteiger partial charge in [0.15, 0.2) is 5.82 Å². The summed E-state index contributed by atoms with van der Waals surface area (Å²) in [6.07, 6.45) is 3.55. The molecule has 0 saturated heterocycles. The molecule has 0 bridgehead atoms. The Kier molecular flexibility index (Phi) is 5.85. The van der Waals surface area contributed by atoms with Gasteiger partial charge in [0.25, 0.3) is 0 Å². The number of pyridine rings is 1. The van der Waals surface area contributed by atoms with Gasteiger partial charge in [-0.25, -0.2) is 14.4 Å². The van der Waals surface area contributed by atoms with E-state index in [9.17, 15) is 4.39 Å². The van der Waals surface area contributed by atoms with E-state index < -0.39 is 0 Å². The minimum absolute atomic E-state index is 0.264. The first kappa shape index (κ1) is 20.5. The number of aromatic nitrogens is 3. The van der Waals surface area contributed by atoms with Gasteiger partial charge < -0.3 is 5.32 Å². The molecular weight excluding hydrogens is 411 g/mol. The molecule has 160 valence electrons. The molecule has 33 heavy (non-hydrogen) atoms. The molecule has 2 aromatic heterocycles. The molecule has 1 N–H and O–H groups in total. The largest absolute Gasteiger partial charge is 0.366 e. The third-order valence-corrected chi connectivity index (χ3v) is 5.29. The third-order valence-electron chi connectivity index (χ3n) is 5.29. The van der Waals surface area contributed by atoms with E-state index in [-0.39, 0.29) is 5.82 Å². The lowest BCUT2D eigenvalue weighted by atomic mass is 10.0. The van der Waals surface area contributed by atoms with E-state index in [0.29, 0.717) is 12.4 Å². The first-order valence-electron chi connectivity index (χ1n) is 10.7. The highest BCUT2D eigenvalue weighted by molar-refractivity contribution is 5.72. The molecule has 5 rings (SSSR count). The van der Waals surface area contributed by atoms with Crippen molar-refractivity contribution in [2.75, 3.05) is 5.32 Å². The van der Waals surface area contributed by atoms with Crippen LogP contribution in [0.1, 0.15) is 5.56 Å². The molecule has 3 aromatic carbocycles. The average molecular weight is 433 g/mol. The summed E-state index contributed by atoms with van der Waals surface area (Å²) in [6, 6.07) is 30.4. The summed E-state index contributed by atoms with van der Waals surface area (Å²) >= 11 is 0. The number of nitrogens with zero attached hydrogens (tertiary/aromatic N) is 3. The zero-order valence-electron chi connectivity index (χ0n) is 17.8. The Morgan fingerprint density at radius 2 is 1.33 bits per heavy atom. The molecule has 0 fully saturated rings. The maximum Gasteiger partial charge on any atom is 0.162 e. The number of rotatable bonds is 6. The molecule has 5 aromatic rings. The van der Waals surface area contributed by atoms with Gasteiger partial charge in [-0.05, 0) is 29.3 Å². The van der Waals surface area contributed by atoms with Gasteiger partial charge in [0, 0.05) is 41.7 Å². The molecule has 4 nitrogen and oxygen atoms in total. The minimum Gasteiger partial charge on any atom is -0.366 e. The van der Waals surface area contributed by atoms with Crippen LogP contribution in [-0.2, 0) is 6.54 Å². The summed E-state index contributed by atoms with van der Waals surface area (Å²) in [5, 5.41) is 3.42. The van der Waals surface area contributed by atoms with Crippen LogP contribution in [0.15, 0.2) is 109 Å². The van der Waals surface area contributed by atoms with Gasteiger partial charge in [0.2, 0.25) is 0 Å². The quantitative estimate of drug-likeness (QED) is 0.327. The first-order chi connectivity index (χ1) is 16.2. The number of nitrogens with one attached hydrogen (secondary N) is 1. The molecular formula is C28H21FN4. The molecule has 0 atom stereocenters. The topological polar surface area (TPSA) is 50.7 Å². The van der Waals surface area contributed by atoms with Gasteiger partial charge in [-0.3, -0.25) is 4.98 Å². The predicted octanol–water partition coefficient (Wildman–Crippen LogP) is 6.62. The van der Waals surface area contributed by atoms with Crippen molar-refractivity contribution in [3.05, 3.63) is 121 Å². The summed E-state index contributed by atoms with van der Waals surface area (Å²) in [5.41, 5.74) is 5.51. The number of benzene rings is 3. The Bertz CT molecular complexity index is 1350. The van der Waals surface area contributed by atoms with Crippen molar-refractivity contribution in [3.63, 3.8) is 0 Å². The van der Waals surface area contributed by atoms with Crippen LogP contribution in [0.25, 0.3) is 33.8 Å². The lowest BCUT2D eigenvalue weighted by Gasteiger charge is -2.11. The van der Waals surface area contributed by atoms with Crippen molar-refractivity contribution < 1.29 is 4.39 Å². The van der Waals surface area contributed by atoms with Crippen LogP contribution in [0.4, 0.5) is 10.2 Å². The van der Waals surface area contributed by atoms with E-state index >= 15 is 0 Å². The van der Waals surface area contributed by atoms with E-state index in [2.05, 4.69) is 22.4 Å². The van der Waals surface area contributed by atoms with Crippen molar-refractivity contribution in [1.82, 2.24) is 15.0 Å². The van der Waals surface area contributed by atoms with Crippen molar-refractivity contribution in [2.24, 2.45) is 0 Å². The highest BCUT2D eigenvalue weighted by atomic mass is 19.1. The van der Waals surface area contributed by atoms with Gasteiger partial charge in [-0.15, -0.1) is 0 Å². The maximum absolute atomic E-state index is 13.4. The fourth-order valence-corrected chi connectivity index (χ4v) is 3.57. The molecule has 0 aliphatic carbocycles. The normalized spacial score (nSPS) is 10.7. The molecule has 0 unspecified atom stereocenters. The van der Waals surface area contributed by atoms with E-state index in [1.54, 1.807) is 24.5 Å². The second-order valence-electron chi connectivity index (χ2n) is 7.64. The van der Waals surface area contributed by atoms with Crippen LogP contribution in [-0.4, -0.2) is 15.0 Å². The second-order valence-corrected chi connectivity index (χ2v) is 7.64. The van der Waals surface area contributed by atoms with Crippen LogP contribution in [0.5, 0.6) is 0 Å². The summed E-state index contributed by atoms with van der Waals surface area (Å²) in [7, 11) is 0. The standard InChI is InChI=1S/C28H21FN4/c29-25-13-11-21(12-14-25)23-15-24(19-30-18-23)26-16-27(31-17-20-7-3-1-4-8-20)33-28(32-26)22-9-5-2-6-10-22/h1-16,18-19H,17H2,(H,31,32,33). The van der Waals surface area contributed by atoms with Gasteiger partial charge in [-0.1, -0.05) is 72.8 Å². The number of halogens is 1. The van der Waals surface area contributed by atoms with Gasteiger partial charge in [-0.2, -0.15) is 0 Å². The average Bonchev–Trinajstić information content (AvgIpc) is 2.89. The lowest BCUT2D eigenvalue weighted by molar-refractivity contribution is 0.628. The number of hydrogen-bond acceptors (Lipinski definition) is 4. The molecule has 0 saturated carbocycles. The molecule has 0 spiro atoms. The fraction of sp³-hybridized carbons (Fsp3) is 0.0357. The molecule has 0 radical (unpaired) electrons.